The Hall–Kier alpha value is -0.910. The topological polar surface area (TPSA) is 69.6 Å². The lowest BCUT2D eigenvalue weighted by atomic mass is 10.00. The first-order valence-electron chi connectivity index (χ1n) is 6.80. The summed E-state index contributed by atoms with van der Waals surface area (Å²) in [6.07, 6.45) is 3.58. The number of nitrogens with one attached hydrogen (secondary N) is 1. The molecule has 0 aromatic carbocycles. The molecule has 0 aromatic rings. The van der Waals surface area contributed by atoms with Crippen molar-refractivity contribution in [2.45, 2.75) is 49.8 Å². The quantitative estimate of drug-likeness (QED) is 0.831. The Bertz CT molecular complexity index is 382. The predicted octanol–water partition coefficient (Wildman–Crippen LogP) is 1.92. The number of carbonyl (C=O) groups excluding carboxylic acids is 1. The van der Waals surface area contributed by atoms with E-state index in [-0.39, 0.29) is 10.8 Å². The highest BCUT2D eigenvalue weighted by Gasteiger charge is 2.46. The molecule has 0 bridgehead atoms. The van der Waals surface area contributed by atoms with Crippen LogP contribution in [0.25, 0.3) is 0 Å². The van der Waals surface area contributed by atoms with Gasteiger partial charge in [0.25, 0.3) is 0 Å². The highest BCUT2D eigenvalue weighted by molar-refractivity contribution is 8.00. The van der Waals surface area contributed by atoms with Gasteiger partial charge in [-0.25, -0.2) is 9.59 Å². The van der Waals surface area contributed by atoms with E-state index in [0.29, 0.717) is 19.5 Å². The first-order valence-corrected chi connectivity index (χ1v) is 7.79. The van der Waals surface area contributed by atoms with E-state index in [0.717, 1.165) is 18.6 Å². The third-order valence-corrected chi connectivity index (χ3v) is 5.80. The Morgan fingerprint density at radius 3 is 2.63 bits per heavy atom. The fourth-order valence-electron chi connectivity index (χ4n) is 2.85. The molecule has 2 N–H and O–H groups in total. The minimum Gasteiger partial charge on any atom is -0.480 e. The average molecular weight is 286 g/mol. The van der Waals surface area contributed by atoms with Crippen molar-refractivity contribution >= 4 is 23.8 Å². The van der Waals surface area contributed by atoms with Crippen molar-refractivity contribution in [2.24, 2.45) is 0 Å². The van der Waals surface area contributed by atoms with Gasteiger partial charge in [0.1, 0.15) is 5.54 Å². The largest absolute Gasteiger partial charge is 0.480 e. The molecule has 2 fully saturated rings. The molecule has 0 radical (unpaired) electrons. The highest BCUT2D eigenvalue weighted by atomic mass is 32.2. The molecule has 2 saturated heterocycles. The van der Waals surface area contributed by atoms with Gasteiger partial charge in [-0.1, -0.05) is 0 Å². The molecule has 5 nitrogen and oxygen atoms in total. The van der Waals surface area contributed by atoms with Gasteiger partial charge in [0.2, 0.25) is 0 Å². The van der Waals surface area contributed by atoms with E-state index >= 15 is 0 Å². The average Bonchev–Trinajstić information content (AvgIpc) is 2.94. The number of carbonyl (C=O) groups is 2. The fraction of sp³-hybridized carbons (Fsp3) is 0.846. The van der Waals surface area contributed by atoms with E-state index in [2.05, 4.69) is 12.2 Å². The zero-order valence-electron chi connectivity index (χ0n) is 11.6. The molecule has 108 valence electrons. The molecule has 2 amide bonds. The van der Waals surface area contributed by atoms with E-state index in [1.807, 2.05) is 11.8 Å². The molecule has 2 aliphatic rings. The number of aliphatic carboxylic acids is 1. The number of amides is 2. The third kappa shape index (κ3) is 2.83. The summed E-state index contributed by atoms with van der Waals surface area (Å²) < 4.78 is 0.106. The SMILES string of the molecule is CC1(CNC(=O)N2CCCC2(C)C(=O)O)CCCS1. The second-order valence-electron chi connectivity index (χ2n) is 5.89. The Kier molecular flexibility index (Phi) is 3.99. The second-order valence-corrected chi connectivity index (χ2v) is 7.58. The molecular weight excluding hydrogens is 264 g/mol. The van der Waals surface area contributed by atoms with Crippen LogP contribution in [0.3, 0.4) is 0 Å². The molecule has 2 rings (SSSR count). The summed E-state index contributed by atoms with van der Waals surface area (Å²) in [6.45, 7) is 4.93. The Labute approximate surface area is 118 Å². The molecule has 0 saturated carbocycles. The molecular formula is C13H22N2O3S. The summed E-state index contributed by atoms with van der Waals surface area (Å²) >= 11 is 1.89. The number of hydrogen-bond donors (Lipinski definition) is 2. The van der Waals surface area contributed by atoms with Crippen molar-refractivity contribution in [3.05, 3.63) is 0 Å². The monoisotopic (exact) mass is 286 g/mol. The zero-order chi connectivity index (χ0) is 14.1. The maximum absolute atomic E-state index is 12.2. The minimum atomic E-state index is -1.05. The first-order chi connectivity index (χ1) is 8.87. The van der Waals surface area contributed by atoms with Crippen LogP contribution in [0.2, 0.25) is 0 Å². The van der Waals surface area contributed by atoms with E-state index in [1.165, 1.54) is 11.3 Å². The van der Waals surface area contributed by atoms with Crippen LogP contribution in [-0.2, 0) is 4.79 Å². The van der Waals surface area contributed by atoms with Crippen molar-refractivity contribution in [3.8, 4) is 0 Å². The van der Waals surface area contributed by atoms with Gasteiger partial charge in [0.05, 0.1) is 0 Å². The Morgan fingerprint density at radius 2 is 2.05 bits per heavy atom. The van der Waals surface area contributed by atoms with Gasteiger partial charge < -0.3 is 15.3 Å². The zero-order valence-corrected chi connectivity index (χ0v) is 12.4. The normalized spacial score (nSPS) is 34.5. The van der Waals surface area contributed by atoms with Crippen molar-refractivity contribution in [3.63, 3.8) is 0 Å². The van der Waals surface area contributed by atoms with Crippen LogP contribution in [0.1, 0.15) is 39.5 Å². The lowest BCUT2D eigenvalue weighted by Crippen LogP contribution is -2.55. The van der Waals surface area contributed by atoms with Crippen molar-refractivity contribution in [2.75, 3.05) is 18.8 Å². The van der Waals surface area contributed by atoms with Crippen molar-refractivity contribution < 1.29 is 14.7 Å². The number of nitrogens with zero attached hydrogens (tertiary/aromatic N) is 1. The molecule has 6 heteroatoms. The molecule has 0 spiro atoms. The van der Waals surface area contributed by atoms with E-state index < -0.39 is 11.5 Å². The van der Waals surface area contributed by atoms with Gasteiger partial charge in [0.15, 0.2) is 0 Å². The van der Waals surface area contributed by atoms with Crippen LogP contribution in [-0.4, -0.2) is 51.1 Å². The van der Waals surface area contributed by atoms with Gasteiger partial charge in [-0.3, -0.25) is 0 Å². The molecule has 2 unspecified atom stereocenters. The van der Waals surface area contributed by atoms with Gasteiger partial charge in [0, 0.05) is 17.8 Å². The fourth-order valence-corrected chi connectivity index (χ4v) is 4.09. The summed E-state index contributed by atoms with van der Waals surface area (Å²) in [5.41, 5.74) is -1.05. The number of carboxylic acids is 1. The molecule has 19 heavy (non-hydrogen) atoms. The first kappa shape index (κ1) is 14.5. The van der Waals surface area contributed by atoms with Crippen molar-refractivity contribution in [1.29, 1.82) is 0 Å². The number of urea groups is 1. The van der Waals surface area contributed by atoms with Gasteiger partial charge in [-0.15, -0.1) is 0 Å². The molecule has 0 aliphatic carbocycles. The predicted molar refractivity (Wildman–Crippen MR) is 75.5 cm³/mol. The smallest absolute Gasteiger partial charge is 0.329 e. The maximum atomic E-state index is 12.2. The van der Waals surface area contributed by atoms with Gasteiger partial charge >= 0.3 is 12.0 Å². The van der Waals surface area contributed by atoms with E-state index in [1.54, 1.807) is 6.92 Å². The lowest BCUT2D eigenvalue weighted by Gasteiger charge is -2.32. The number of likely N-dealkylation sites (tertiary alicyclic amines) is 1. The van der Waals surface area contributed by atoms with E-state index in [9.17, 15) is 14.7 Å². The molecule has 2 heterocycles. The second kappa shape index (κ2) is 5.23. The van der Waals surface area contributed by atoms with Crippen LogP contribution in [0.4, 0.5) is 4.79 Å². The van der Waals surface area contributed by atoms with Crippen LogP contribution < -0.4 is 5.32 Å². The minimum absolute atomic E-state index is 0.106. The highest BCUT2D eigenvalue weighted by Crippen LogP contribution is 2.37. The standard InChI is InChI=1S/C13H22N2O3S/c1-12(5-4-8-19-12)9-14-11(18)15-7-3-6-13(15,2)10(16)17/h3-9H2,1-2H3,(H,14,18)(H,16,17). The van der Waals surface area contributed by atoms with Gasteiger partial charge in [-0.05, 0) is 45.3 Å². The van der Waals surface area contributed by atoms with Crippen LogP contribution >= 0.6 is 11.8 Å². The number of carboxylic acid groups (broad SMARTS) is 1. The Balaban J connectivity index is 1.94. The van der Waals surface area contributed by atoms with Crippen molar-refractivity contribution in [1.82, 2.24) is 10.2 Å². The molecule has 0 aromatic heterocycles. The summed E-state index contributed by atoms with van der Waals surface area (Å²) in [4.78, 5) is 25.0. The summed E-state index contributed by atoms with van der Waals surface area (Å²) in [5.74, 6) is 0.227. The molecule has 2 atom stereocenters. The van der Waals surface area contributed by atoms with E-state index in [4.69, 9.17) is 0 Å². The number of hydrogen-bond acceptors (Lipinski definition) is 3. The Morgan fingerprint density at radius 1 is 1.32 bits per heavy atom. The summed E-state index contributed by atoms with van der Waals surface area (Å²) in [6, 6.07) is -0.240. The summed E-state index contributed by atoms with van der Waals surface area (Å²) in [7, 11) is 0. The molecule has 2 aliphatic heterocycles. The maximum Gasteiger partial charge on any atom is 0.329 e. The summed E-state index contributed by atoms with van der Waals surface area (Å²) in [5, 5.41) is 12.2. The lowest BCUT2D eigenvalue weighted by molar-refractivity contribution is -0.147. The van der Waals surface area contributed by atoms with Crippen LogP contribution in [0.5, 0.6) is 0 Å². The van der Waals surface area contributed by atoms with Gasteiger partial charge in [-0.2, -0.15) is 11.8 Å². The van der Waals surface area contributed by atoms with Crippen LogP contribution in [0.15, 0.2) is 0 Å². The van der Waals surface area contributed by atoms with Crippen LogP contribution in [0, 0.1) is 0 Å². The number of rotatable bonds is 3. The third-order valence-electron chi connectivity index (χ3n) is 4.26. The number of thioether (sulfide) groups is 1.